The Balaban J connectivity index is 1.83. The van der Waals surface area contributed by atoms with Crippen LogP contribution in [-0.4, -0.2) is 36.4 Å². The van der Waals surface area contributed by atoms with Crippen molar-refractivity contribution in [1.29, 1.82) is 0 Å². The molecule has 1 N–H and O–H groups in total. The quantitative estimate of drug-likeness (QED) is 0.904. The number of amides is 1. The van der Waals surface area contributed by atoms with Gasteiger partial charge in [-0.25, -0.2) is 4.98 Å². The number of hydrogen-bond acceptors (Lipinski definition) is 5. The summed E-state index contributed by atoms with van der Waals surface area (Å²) < 4.78 is 16.7. The van der Waals surface area contributed by atoms with E-state index in [4.69, 9.17) is 13.9 Å². The molecule has 0 aliphatic carbocycles. The second kappa shape index (κ2) is 6.38. The molecule has 124 valence electrons. The monoisotopic (exact) mass is 310 g/mol. The van der Waals surface area contributed by atoms with E-state index in [2.05, 4.69) is 10.3 Å². The van der Waals surface area contributed by atoms with Crippen LogP contribution in [0, 0.1) is 5.92 Å². The van der Waals surface area contributed by atoms with Crippen LogP contribution in [0.25, 0.3) is 0 Å². The van der Waals surface area contributed by atoms with E-state index in [9.17, 15) is 4.79 Å². The Morgan fingerprint density at radius 1 is 1.41 bits per heavy atom. The van der Waals surface area contributed by atoms with Gasteiger partial charge in [0.2, 0.25) is 0 Å². The van der Waals surface area contributed by atoms with Crippen molar-refractivity contribution < 1.29 is 18.7 Å². The molecule has 1 amide bonds. The zero-order chi connectivity index (χ0) is 16.4. The van der Waals surface area contributed by atoms with Gasteiger partial charge in [-0.1, -0.05) is 27.7 Å². The molecular weight excluding hydrogens is 284 g/mol. The highest BCUT2D eigenvalue weighted by Crippen LogP contribution is 2.26. The minimum atomic E-state index is -0.535. The Morgan fingerprint density at radius 2 is 2.05 bits per heavy atom. The lowest BCUT2D eigenvalue weighted by atomic mass is 9.94. The van der Waals surface area contributed by atoms with E-state index >= 15 is 0 Å². The van der Waals surface area contributed by atoms with Crippen LogP contribution in [0.3, 0.4) is 0 Å². The van der Waals surface area contributed by atoms with E-state index in [1.807, 2.05) is 34.6 Å². The van der Waals surface area contributed by atoms with E-state index in [1.54, 1.807) is 6.20 Å². The highest BCUT2D eigenvalue weighted by atomic mass is 16.7. The molecule has 0 radical (unpaired) electrons. The average molecular weight is 310 g/mol. The lowest BCUT2D eigenvalue weighted by Gasteiger charge is -2.25. The van der Waals surface area contributed by atoms with Crippen molar-refractivity contribution in [3.05, 3.63) is 17.8 Å². The topological polar surface area (TPSA) is 73.6 Å². The Labute approximate surface area is 131 Å². The van der Waals surface area contributed by atoms with Crippen LogP contribution < -0.4 is 5.32 Å². The third kappa shape index (κ3) is 4.30. The van der Waals surface area contributed by atoms with Crippen molar-refractivity contribution in [1.82, 2.24) is 10.3 Å². The molecule has 1 aliphatic rings. The third-order valence-electron chi connectivity index (χ3n) is 3.67. The van der Waals surface area contributed by atoms with Gasteiger partial charge in [0.15, 0.2) is 5.79 Å². The molecule has 2 rings (SSSR count). The number of rotatable bonds is 5. The standard InChI is InChI=1S/C16H26N2O4/c1-11(8-16(5)20-6-7-21-16)9-17-13(19)14-18-10-12(22-14)15(2,3)4/h10-11H,6-9H2,1-5H3,(H,17,19)/t11-/m1/s1. The normalized spacial score (nSPS) is 19.1. The summed E-state index contributed by atoms with van der Waals surface area (Å²) in [6, 6.07) is 0. The molecule has 6 nitrogen and oxygen atoms in total. The molecule has 1 aromatic rings. The van der Waals surface area contributed by atoms with E-state index in [0.717, 1.165) is 6.42 Å². The highest BCUT2D eigenvalue weighted by Gasteiger charge is 2.32. The summed E-state index contributed by atoms with van der Waals surface area (Å²) in [6.07, 6.45) is 2.34. The second-order valence-corrected chi connectivity index (χ2v) is 7.13. The summed E-state index contributed by atoms with van der Waals surface area (Å²) in [6.45, 7) is 11.8. The summed E-state index contributed by atoms with van der Waals surface area (Å²) in [7, 11) is 0. The number of carbonyl (C=O) groups is 1. The minimum Gasteiger partial charge on any atom is -0.437 e. The van der Waals surface area contributed by atoms with Crippen LogP contribution in [0.1, 0.15) is 57.5 Å². The third-order valence-corrected chi connectivity index (χ3v) is 3.67. The van der Waals surface area contributed by atoms with Gasteiger partial charge in [-0.05, 0) is 12.8 Å². The highest BCUT2D eigenvalue weighted by molar-refractivity contribution is 5.89. The first-order valence-corrected chi connectivity index (χ1v) is 7.72. The molecule has 0 bridgehead atoms. The Kier molecular flexibility index (Phi) is 4.92. The van der Waals surface area contributed by atoms with Crippen LogP contribution in [0.15, 0.2) is 10.6 Å². The second-order valence-electron chi connectivity index (χ2n) is 7.13. The lowest BCUT2D eigenvalue weighted by molar-refractivity contribution is -0.153. The van der Waals surface area contributed by atoms with Crippen LogP contribution in [-0.2, 0) is 14.9 Å². The van der Waals surface area contributed by atoms with Gasteiger partial charge >= 0.3 is 5.91 Å². The van der Waals surface area contributed by atoms with Crippen LogP contribution in [0.4, 0.5) is 0 Å². The number of nitrogens with one attached hydrogen (secondary N) is 1. The number of carbonyl (C=O) groups excluding carboxylic acids is 1. The van der Waals surface area contributed by atoms with Crippen LogP contribution in [0.2, 0.25) is 0 Å². The van der Waals surface area contributed by atoms with Crippen molar-refractivity contribution in [3.63, 3.8) is 0 Å². The molecule has 6 heteroatoms. The smallest absolute Gasteiger partial charge is 0.307 e. The van der Waals surface area contributed by atoms with Gasteiger partial charge in [0.05, 0.1) is 19.4 Å². The average Bonchev–Trinajstić information content (AvgIpc) is 3.04. The predicted octanol–water partition coefficient (Wildman–Crippen LogP) is 2.49. The van der Waals surface area contributed by atoms with Crippen LogP contribution >= 0.6 is 0 Å². The first-order chi connectivity index (χ1) is 10.2. The van der Waals surface area contributed by atoms with Crippen molar-refractivity contribution in [2.45, 2.75) is 52.2 Å². The Bertz CT molecular complexity index is 512. The fraction of sp³-hybridized carbons (Fsp3) is 0.750. The van der Waals surface area contributed by atoms with Crippen molar-refractivity contribution in [3.8, 4) is 0 Å². The first kappa shape index (κ1) is 17.0. The van der Waals surface area contributed by atoms with E-state index in [0.29, 0.717) is 25.5 Å². The number of hydrogen-bond donors (Lipinski definition) is 1. The number of nitrogens with zero attached hydrogens (tertiary/aromatic N) is 1. The summed E-state index contributed by atoms with van der Waals surface area (Å²) in [5, 5.41) is 2.85. The van der Waals surface area contributed by atoms with Gasteiger partial charge in [-0.15, -0.1) is 0 Å². The van der Waals surface area contributed by atoms with E-state index in [-0.39, 0.29) is 23.1 Å². The fourth-order valence-corrected chi connectivity index (χ4v) is 2.45. The molecule has 0 saturated carbocycles. The van der Waals surface area contributed by atoms with Gasteiger partial charge in [-0.3, -0.25) is 4.79 Å². The van der Waals surface area contributed by atoms with Gasteiger partial charge in [0.1, 0.15) is 5.76 Å². The van der Waals surface area contributed by atoms with Crippen molar-refractivity contribution in [2.75, 3.05) is 19.8 Å². The predicted molar refractivity (Wildman–Crippen MR) is 81.6 cm³/mol. The molecular formula is C16H26N2O4. The molecule has 0 aromatic carbocycles. The summed E-state index contributed by atoms with van der Waals surface area (Å²) in [5.74, 6) is 0.208. The largest absolute Gasteiger partial charge is 0.437 e. The number of oxazole rings is 1. The van der Waals surface area contributed by atoms with Gasteiger partial charge < -0.3 is 19.2 Å². The molecule has 0 unspecified atom stereocenters. The molecule has 2 heterocycles. The first-order valence-electron chi connectivity index (χ1n) is 7.72. The SMILES string of the molecule is C[C@@H](CNC(=O)c1ncc(C(C)(C)C)o1)CC1(C)OCCO1. The molecule has 1 saturated heterocycles. The molecule has 22 heavy (non-hydrogen) atoms. The maximum atomic E-state index is 12.1. The molecule has 1 fully saturated rings. The summed E-state index contributed by atoms with van der Waals surface area (Å²) in [4.78, 5) is 16.1. The zero-order valence-corrected chi connectivity index (χ0v) is 14.1. The molecule has 0 spiro atoms. The molecule has 1 aliphatic heterocycles. The Hall–Kier alpha value is -1.40. The minimum absolute atomic E-state index is 0.108. The maximum absolute atomic E-state index is 12.1. The lowest BCUT2D eigenvalue weighted by Crippen LogP contribution is -2.34. The van der Waals surface area contributed by atoms with Gasteiger partial charge in [-0.2, -0.15) is 0 Å². The van der Waals surface area contributed by atoms with E-state index < -0.39 is 5.79 Å². The number of ether oxygens (including phenoxy) is 2. The summed E-state index contributed by atoms with van der Waals surface area (Å²) in [5.41, 5.74) is -0.162. The summed E-state index contributed by atoms with van der Waals surface area (Å²) >= 11 is 0. The van der Waals surface area contributed by atoms with Crippen LogP contribution in [0.5, 0.6) is 0 Å². The Morgan fingerprint density at radius 3 is 2.59 bits per heavy atom. The van der Waals surface area contributed by atoms with E-state index in [1.165, 1.54) is 0 Å². The van der Waals surface area contributed by atoms with Crippen molar-refractivity contribution >= 4 is 5.91 Å². The maximum Gasteiger partial charge on any atom is 0.307 e. The molecule has 1 aromatic heterocycles. The fourth-order valence-electron chi connectivity index (χ4n) is 2.45. The number of aromatic nitrogens is 1. The van der Waals surface area contributed by atoms with Crippen molar-refractivity contribution in [2.24, 2.45) is 5.92 Å². The zero-order valence-electron chi connectivity index (χ0n) is 14.1. The molecule has 1 atom stereocenters. The van der Waals surface area contributed by atoms with Gasteiger partial charge in [0.25, 0.3) is 5.89 Å². The van der Waals surface area contributed by atoms with Gasteiger partial charge in [0, 0.05) is 18.4 Å².